The van der Waals surface area contributed by atoms with E-state index in [1.807, 2.05) is 43.7 Å². The average molecular weight is 346 g/mol. The van der Waals surface area contributed by atoms with Crippen LogP contribution in [0.25, 0.3) is 11.1 Å². The van der Waals surface area contributed by atoms with Crippen LogP contribution in [0.2, 0.25) is 0 Å². The smallest absolute Gasteiger partial charge is 0.214 e. The topological polar surface area (TPSA) is 59.9 Å². The molecule has 0 amide bonds. The van der Waals surface area contributed by atoms with Crippen molar-refractivity contribution in [1.82, 2.24) is 15.0 Å². The molecular formula is C21H22N4O. The summed E-state index contributed by atoms with van der Waals surface area (Å²) in [5, 5.41) is 3.16. The van der Waals surface area contributed by atoms with E-state index in [0.29, 0.717) is 12.5 Å². The summed E-state index contributed by atoms with van der Waals surface area (Å²) in [6.45, 7) is 0.418. The third-order valence-electron chi connectivity index (χ3n) is 4.71. The normalized spacial score (nSPS) is 13.1. The van der Waals surface area contributed by atoms with Crippen LogP contribution < -0.4 is 10.1 Å². The molecule has 3 aromatic rings. The van der Waals surface area contributed by atoms with E-state index in [1.54, 1.807) is 6.20 Å². The minimum absolute atomic E-state index is 0.418. The largest absolute Gasteiger partial charge is 0.471 e. The lowest BCUT2D eigenvalue weighted by Gasteiger charge is -2.20. The fraction of sp³-hybridized carbons (Fsp3) is 0.286. The molecule has 5 nitrogen and oxygen atoms in total. The van der Waals surface area contributed by atoms with Crippen molar-refractivity contribution in [3.05, 3.63) is 65.9 Å². The van der Waals surface area contributed by atoms with Crippen molar-refractivity contribution in [2.24, 2.45) is 0 Å². The van der Waals surface area contributed by atoms with Crippen LogP contribution in [0.5, 0.6) is 5.88 Å². The molecule has 0 radical (unpaired) electrons. The first-order valence-corrected chi connectivity index (χ1v) is 9.02. The molecule has 5 heteroatoms. The minimum atomic E-state index is 0.418. The molecule has 1 aliphatic carbocycles. The molecule has 0 saturated heterocycles. The molecule has 0 aliphatic heterocycles. The van der Waals surface area contributed by atoms with Crippen molar-refractivity contribution in [3.63, 3.8) is 0 Å². The number of nitrogens with zero attached hydrogens (tertiary/aromatic N) is 3. The second kappa shape index (κ2) is 7.52. The van der Waals surface area contributed by atoms with Gasteiger partial charge in [-0.1, -0.05) is 6.07 Å². The van der Waals surface area contributed by atoms with Crippen LogP contribution in [-0.2, 0) is 19.4 Å². The lowest BCUT2D eigenvalue weighted by atomic mass is 9.89. The SMILES string of the molecule is CNc1cncc(-c2cc(OCc3ccccn3)nc3c2CCCC3)c1. The van der Waals surface area contributed by atoms with Gasteiger partial charge in [0.15, 0.2) is 0 Å². The molecule has 3 heterocycles. The van der Waals surface area contributed by atoms with Gasteiger partial charge in [-0.05, 0) is 55.0 Å². The van der Waals surface area contributed by atoms with Crippen molar-refractivity contribution >= 4 is 5.69 Å². The fourth-order valence-electron chi connectivity index (χ4n) is 3.37. The van der Waals surface area contributed by atoms with Gasteiger partial charge in [-0.3, -0.25) is 9.97 Å². The number of ether oxygens (including phenoxy) is 1. The number of nitrogens with one attached hydrogen (secondary N) is 1. The Kier molecular flexibility index (Phi) is 4.78. The van der Waals surface area contributed by atoms with Crippen LogP contribution >= 0.6 is 0 Å². The highest BCUT2D eigenvalue weighted by molar-refractivity contribution is 5.71. The first-order chi connectivity index (χ1) is 12.8. The number of anilines is 1. The Bertz CT molecular complexity index is 896. The maximum absolute atomic E-state index is 5.97. The van der Waals surface area contributed by atoms with Crippen molar-refractivity contribution in [2.45, 2.75) is 32.3 Å². The number of fused-ring (bicyclic) bond motifs is 1. The van der Waals surface area contributed by atoms with Gasteiger partial charge in [0.05, 0.1) is 11.4 Å². The predicted molar refractivity (Wildman–Crippen MR) is 102 cm³/mol. The van der Waals surface area contributed by atoms with Crippen molar-refractivity contribution in [3.8, 4) is 17.0 Å². The molecule has 0 atom stereocenters. The molecule has 0 aromatic carbocycles. The monoisotopic (exact) mass is 346 g/mol. The first-order valence-electron chi connectivity index (χ1n) is 9.02. The molecule has 4 rings (SSSR count). The number of aryl methyl sites for hydroxylation is 1. The van der Waals surface area contributed by atoms with Crippen LogP contribution in [0.1, 0.15) is 29.8 Å². The Morgan fingerprint density at radius 2 is 2.04 bits per heavy atom. The molecule has 0 saturated carbocycles. The summed E-state index contributed by atoms with van der Waals surface area (Å²) in [5.74, 6) is 0.654. The molecule has 3 aromatic heterocycles. The van der Waals surface area contributed by atoms with E-state index in [4.69, 9.17) is 9.72 Å². The molecule has 1 N–H and O–H groups in total. The summed E-state index contributed by atoms with van der Waals surface area (Å²) >= 11 is 0. The Balaban J connectivity index is 1.69. The zero-order chi connectivity index (χ0) is 17.8. The van der Waals surface area contributed by atoms with Crippen LogP contribution in [-0.4, -0.2) is 22.0 Å². The van der Waals surface area contributed by atoms with Gasteiger partial charge >= 0.3 is 0 Å². The Morgan fingerprint density at radius 3 is 2.88 bits per heavy atom. The molecule has 0 unspecified atom stereocenters. The van der Waals surface area contributed by atoms with E-state index < -0.39 is 0 Å². The number of aromatic nitrogens is 3. The summed E-state index contributed by atoms with van der Waals surface area (Å²) in [4.78, 5) is 13.5. The number of hydrogen-bond donors (Lipinski definition) is 1. The average Bonchev–Trinajstić information content (AvgIpc) is 2.72. The number of rotatable bonds is 5. The van der Waals surface area contributed by atoms with Crippen molar-refractivity contribution < 1.29 is 4.74 Å². The Morgan fingerprint density at radius 1 is 1.12 bits per heavy atom. The van der Waals surface area contributed by atoms with Gasteiger partial charge in [-0.15, -0.1) is 0 Å². The van der Waals surface area contributed by atoms with E-state index in [1.165, 1.54) is 24.0 Å². The van der Waals surface area contributed by atoms with E-state index >= 15 is 0 Å². The highest BCUT2D eigenvalue weighted by Crippen LogP contribution is 2.34. The van der Waals surface area contributed by atoms with Gasteiger partial charge in [-0.25, -0.2) is 4.98 Å². The Hall–Kier alpha value is -2.95. The highest BCUT2D eigenvalue weighted by atomic mass is 16.5. The minimum Gasteiger partial charge on any atom is -0.471 e. The fourth-order valence-corrected chi connectivity index (χ4v) is 3.37. The lowest BCUT2D eigenvalue weighted by Crippen LogP contribution is -2.09. The van der Waals surface area contributed by atoms with Crippen molar-refractivity contribution in [2.75, 3.05) is 12.4 Å². The second-order valence-corrected chi connectivity index (χ2v) is 6.46. The van der Waals surface area contributed by atoms with E-state index in [0.717, 1.165) is 35.5 Å². The van der Waals surface area contributed by atoms with E-state index in [9.17, 15) is 0 Å². The summed E-state index contributed by atoms with van der Waals surface area (Å²) in [6.07, 6.45) is 9.96. The van der Waals surface area contributed by atoms with Gasteiger partial charge in [-0.2, -0.15) is 0 Å². The van der Waals surface area contributed by atoms with Gasteiger partial charge in [0, 0.05) is 43.0 Å². The van der Waals surface area contributed by atoms with Gasteiger partial charge in [0.25, 0.3) is 0 Å². The molecule has 132 valence electrons. The molecule has 0 bridgehead atoms. The van der Waals surface area contributed by atoms with E-state index in [-0.39, 0.29) is 0 Å². The lowest BCUT2D eigenvalue weighted by molar-refractivity contribution is 0.288. The summed E-state index contributed by atoms with van der Waals surface area (Å²) in [7, 11) is 1.91. The zero-order valence-corrected chi connectivity index (χ0v) is 14.9. The van der Waals surface area contributed by atoms with Crippen LogP contribution in [0.3, 0.4) is 0 Å². The van der Waals surface area contributed by atoms with Crippen molar-refractivity contribution in [1.29, 1.82) is 0 Å². The van der Waals surface area contributed by atoms with Crippen LogP contribution in [0.15, 0.2) is 48.9 Å². The second-order valence-electron chi connectivity index (χ2n) is 6.46. The van der Waals surface area contributed by atoms with Crippen LogP contribution in [0, 0.1) is 0 Å². The summed E-state index contributed by atoms with van der Waals surface area (Å²) in [6, 6.07) is 10.00. The third kappa shape index (κ3) is 3.52. The molecule has 0 fully saturated rings. The molecule has 0 spiro atoms. The number of hydrogen-bond acceptors (Lipinski definition) is 5. The van der Waals surface area contributed by atoms with Gasteiger partial charge < -0.3 is 10.1 Å². The molecular weight excluding hydrogens is 324 g/mol. The van der Waals surface area contributed by atoms with Crippen LogP contribution in [0.4, 0.5) is 5.69 Å². The van der Waals surface area contributed by atoms with E-state index in [2.05, 4.69) is 21.4 Å². The van der Waals surface area contributed by atoms with Gasteiger partial charge in [0.2, 0.25) is 5.88 Å². The van der Waals surface area contributed by atoms with Gasteiger partial charge in [0.1, 0.15) is 6.61 Å². The Labute approximate surface area is 153 Å². The maximum Gasteiger partial charge on any atom is 0.214 e. The zero-order valence-electron chi connectivity index (χ0n) is 14.9. The summed E-state index contributed by atoms with van der Waals surface area (Å²) < 4.78 is 5.97. The molecule has 1 aliphatic rings. The maximum atomic E-state index is 5.97. The summed E-state index contributed by atoms with van der Waals surface area (Å²) in [5.41, 5.74) is 6.65. The first kappa shape index (κ1) is 16.5. The predicted octanol–water partition coefficient (Wildman–Crippen LogP) is 4.04. The third-order valence-corrected chi connectivity index (χ3v) is 4.71. The molecule has 26 heavy (non-hydrogen) atoms. The quantitative estimate of drug-likeness (QED) is 0.755. The number of pyridine rings is 3. The standard InChI is InChI=1S/C21H22N4O/c1-22-17-10-15(12-23-13-17)19-11-21(25-20-8-3-2-7-18(19)20)26-14-16-6-4-5-9-24-16/h4-6,9-13,22H,2-3,7-8,14H2,1H3. The highest BCUT2D eigenvalue weighted by Gasteiger charge is 2.18.